The van der Waals surface area contributed by atoms with Crippen molar-refractivity contribution in [1.29, 1.82) is 0 Å². The van der Waals surface area contributed by atoms with E-state index in [1.807, 2.05) is 0 Å². The third kappa shape index (κ3) is 5.05. The predicted molar refractivity (Wildman–Crippen MR) is 85.2 cm³/mol. The summed E-state index contributed by atoms with van der Waals surface area (Å²) >= 11 is 0. The molecule has 2 aromatic rings. The number of rotatable bonds is 6. The van der Waals surface area contributed by atoms with Crippen LogP contribution in [0.3, 0.4) is 0 Å². The number of likely N-dealkylation sites (N-methyl/N-ethyl adjacent to an activating group) is 1. The molecular weight excluding hydrogens is 318 g/mol. The molecule has 0 aliphatic carbocycles. The van der Waals surface area contributed by atoms with Crippen LogP contribution in [0.1, 0.15) is 15.9 Å². The van der Waals surface area contributed by atoms with Gasteiger partial charge in [-0.05, 0) is 35.9 Å². The maximum atomic E-state index is 12.2. The number of anilines is 1. The summed E-state index contributed by atoms with van der Waals surface area (Å²) in [5.74, 6) is -0.644. The molecule has 0 aromatic heterocycles. The standard InChI is InChI=1S/C17H16F2N2O3/c1-20-15(22)9-11-5-7-13(8-6-11)21-16(23)12-3-2-4-14(10-12)24-17(18)19/h2-8,10,17H,9H2,1H3,(H,20,22)(H,21,23). The molecule has 0 radical (unpaired) electrons. The van der Waals surface area contributed by atoms with Crippen LogP contribution in [0.5, 0.6) is 5.75 Å². The Morgan fingerprint density at radius 2 is 1.83 bits per heavy atom. The molecule has 126 valence electrons. The number of nitrogens with one attached hydrogen (secondary N) is 2. The number of hydrogen-bond donors (Lipinski definition) is 2. The molecule has 2 aromatic carbocycles. The molecular formula is C17H16F2N2O3. The third-order valence-electron chi connectivity index (χ3n) is 3.18. The molecule has 24 heavy (non-hydrogen) atoms. The van der Waals surface area contributed by atoms with Crippen LogP contribution < -0.4 is 15.4 Å². The van der Waals surface area contributed by atoms with Crippen molar-refractivity contribution in [2.75, 3.05) is 12.4 Å². The van der Waals surface area contributed by atoms with Crippen molar-refractivity contribution in [3.8, 4) is 5.75 Å². The highest BCUT2D eigenvalue weighted by Crippen LogP contribution is 2.17. The quantitative estimate of drug-likeness (QED) is 0.854. The van der Waals surface area contributed by atoms with Crippen LogP contribution >= 0.6 is 0 Å². The van der Waals surface area contributed by atoms with Crippen molar-refractivity contribution in [1.82, 2.24) is 5.32 Å². The summed E-state index contributed by atoms with van der Waals surface area (Å²) in [6.45, 7) is -2.95. The fraction of sp³-hybridized carbons (Fsp3) is 0.176. The van der Waals surface area contributed by atoms with Gasteiger partial charge in [-0.3, -0.25) is 9.59 Å². The van der Waals surface area contributed by atoms with Crippen LogP contribution in [-0.4, -0.2) is 25.5 Å². The molecule has 2 N–H and O–H groups in total. The number of alkyl halides is 2. The lowest BCUT2D eigenvalue weighted by Gasteiger charge is -2.08. The summed E-state index contributed by atoms with van der Waals surface area (Å²) in [7, 11) is 1.56. The maximum absolute atomic E-state index is 12.2. The summed E-state index contributed by atoms with van der Waals surface area (Å²) in [5, 5.41) is 5.18. The minimum absolute atomic E-state index is 0.0847. The molecule has 2 rings (SSSR count). The molecule has 0 heterocycles. The Morgan fingerprint density at radius 1 is 1.12 bits per heavy atom. The van der Waals surface area contributed by atoms with Crippen LogP contribution in [-0.2, 0) is 11.2 Å². The van der Waals surface area contributed by atoms with Crippen molar-refractivity contribution in [3.63, 3.8) is 0 Å². The molecule has 0 atom stereocenters. The Bertz CT molecular complexity index is 718. The van der Waals surface area contributed by atoms with Gasteiger partial charge in [-0.15, -0.1) is 0 Å². The Morgan fingerprint density at radius 3 is 2.46 bits per heavy atom. The van der Waals surface area contributed by atoms with Crippen LogP contribution in [0, 0.1) is 0 Å². The van der Waals surface area contributed by atoms with Gasteiger partial charge >= 0.3 is 6.61 Å². The van der Waals surface area contributed by atoms with Gasteiger partial charge < -0.3 is 15.4 Å². The Hall–Kier alpha value is -2.96. The van der Waals surface area contributed by atoms with Gasteiger partial charge in [0.25, 0.3) is 5.91 Å². The van der Waals surface area contributed by atoms with E-state index in [1.165, 1.54) is 24.3 Å². The minimum Gasteiger partial charge on any atom is -0.435 e. The topological polar surface area (TPSA) is 67.4 Å². The summed E-state index contributed by atoms with van der Waals surface area (Å²) in [5.41, 5.74) is 1.53. The number of benzene rings is 2. The van der Waals surface area contributed by atoms with Crippen LogP contribution in [0.4, 0.5) is 14.5 Å². The molecule has 0 bridgehead atoms. The van der Waals surface area contributed by atoms with Crippen LogP contribution in [0.15, 0.2) is 48.5 Å². The van der Waals surface area contributed by atoms with Gasteiger partial charge in [0.05, 0.1) is 6.42 Å². The second-order valence-corrected chi connectivity index (χ2v) is 4.91. The lowest BCUT2D eigenvalue weighted by molar-refractivity contribution is -0.119. The molecule has 2 amide bonds. The summed E-state index contributed by atoms with van der Waals surface area (Å²) < 4.78 is 28.7. The van der Waals surface area contributed by atoms with Gasteiger partial charge in [-0.1, -0.05) is 18.2 Å². The number of amides is 2. The van der Waals surface area contributed by atoms with Crippen molar-refractivity contribution in [2.24, 2.45) is 0 Å². The molecule has 0 aliphatic heterocycles. The number of carbonyl (C=O) groups excluding carboxylic acids is 2. The Labute approximate surface area is 137 Å². The van der Waals surface area contributed by atoms with Gasteiger partial charge in [0.2, 0.25) is 5.91 Å². The molecule has 0 saturated heterocycles. The first-order chi connectivity index (χ1) is 11.5. The fourth-order valence-electron chi connectivity index (χ4n) is 2.00. The van der Waals surface area contributed by atoms with Gasteiger partial charge in [0.1, 0.15) is 5.75 Å². The van der Waals surface area contributed by atoms with Crippen LogP contribution in [0.2, 0.25) is 0 Å². The first kappa shape index (κ1) is 17.4. The van der Waals surface area contributed by atoms with E-state index in [0.717, 1.165) is 5.56 Å². The number of hydrogen-bond acceptors (Lipinski definition) is 3. The lowest BCUT2D eigenvalue weighted by atomic mass is 10.1. The lowest BCUT2D eigenvalue weighted by Crippen LogP contribution is -2.19. The molecule has 0 spiro atoms. The zero-order valence-electron chi connectivity index (χ0n) is 12.9. The summed E-state index contributed by atoms with van der Waals surface area (Å²) in [4.78, 5) is 23.4. The monoisotopic (exact) mass is 334 g/mol. The normalized spacial score (nSPS) is 10.3. The van der Waals surface area contributed by atoms with Gasteiger partial charge in [-0.2, -0.15) is 8.78 Å². The largest absolute Gasteiger partial charge is 0.435 e. The zero-order chi connectivity index (χ0) is 17.5. The predicted octanol–water partition coefficient (Wildman–Crippen LogP) is 2.83. The molecule has 0 saturated carbocycles. The summed E-state index contributed by atoms with van der Waals surface area (Å²) in [6, 6.07) is 12.3. The average Bonchev–Trinajstić information content (AvgIpc) is 2.56. The van der Waals surface area contributed by atoms with E-state index in [9.17, 15) is 18.4 Å². The second kappa shape index (κ2) is 8.05. The minimum atomic E-state index is -2.95. The van der Waals surface area contributed by atoms with E-state index in [4.69, 9.17) is 0 Å². The third-order valence-corrected chi connectivity index (χ3v) is 3.18. The highest BCUT2D eigenvalue weighted by Gasteiger charge is 2.10. The maximum Gasteiger partial charge on any atom is 0.387 e. The van der Waals surface area contributed by atoms with Crippen molar-refractivity contribution in [2.45, 2.75) is 13.0 Å². The Balaban J connectivity index is 2.02. The number of carbonyl (C=O) groups is 2. The molecule has 0 unspecified atom stereocenters. The molecule has 0 aliphatic rings. The molecule has 5 nitrogen and oxygen atoms in total. The average molecular weight is 334 g/mol. The van der Waals surface area contributed by atoms with E-state index in [-0.39, 0.29) is 23.6 Å². The number of halogens is 2. The van der Waals surface area contributed by atoms with E-state index < -0.39 is 12.5 Å². The van der Waals surface area contributed by atoms with Gasteiger partial charge in [-0.25, -0.2) is 0 Å². The highest BCUT2D eigenvalue weighted by atomic mass is 19.3. The van der Waals surface area contributed by atoms with Crippen LogP contribution in [0.25, 0.3) is 0 Å². The fourth-order valence-corrected chi connectivity index (χ4v) is 2.00. The first-order valence-corrected chi connectivity index (χ1v) is 7.13. The molecule has 0 fully saturated rings. The van der Waals surface area contributed by atoms with E-state index >= 15 is 0 Å². The second-order valence-electron chi connectivity index (χ2n) is 4.91. The smallest absolute Gasteiger partial charge is 0.387 e. The van der Waals surface area contributed by atoms with E-state index in [0.29, 0.717) is 5.69 Å². The van der Waals surface area contributed by atoms with Gasteiger partial charge in [0.15, 0.2) is 0 Å². The number of ether oxygens (including phenoxy) is 1. The SMILES string of the molecule is CNC(=O)Cc1ccc(NC(=O)c2cccc(OC(F)F)c2)cc1. The molecule has 7 heteroatoms. The Kier molecular flexibility index (Phi) is 5.83. The van der Waals surface area contributed by atoms with Crippen molar-refractivity contribution in [3.05, 3.63) is 59.7 Å². The van der Waals surface area contributed by atoms with Gasteiger partial charge in [0, 0.05) is 18.3 Å². The first-order valence-electron chi connectivity index (χ1n) is 7.13. The van der Waals surface area contributed by atoms with Crippen molar-refractivity contribution < 1.29 is 23.1 Å². The van der Waals surface area contributed by atoms with E-state index in [1.54, 1.807) is 31.3 Å². The zero-order valence-corrected chi connectivity index (χ0v) is 12.9. The van der Waals surface area contributed by atoms with Crippen molar-refractivity contribution >= 4 is 17.5 Å². The highest BCUT2D eigenvalue weighted by molar-refractivity contribution is 6.04. The summed E-state index contributed by atoms with van der Waals surface area (Å²) in [6.07, 6.45) is 0.248. The van der Waals surface area contributed by atoms with E-state index in [2.05, 4.69) is 15.4 Å².